The Balaban J connectivity index is 2.22. The average molecular weight is 301 g/mol. The van der Waals surface area contributed by atoms with Crippen LogP contribution < -0.4 is 9.64 Å². The molecular weight excluding hydrogens is 280 g/mol. The Morgan fingerprint density at radius 3 is 2.65 bits per heavy atom. The zero-order valence-electron chi connectivity index (χ0n) is 11.8. The number of aromatic nitrogens is 3. The van der Waals surface area contributed by atoms with Crippen molar-refractivity contribution in [2.45, 2.75) is 45.1 Å². The van der Waals surface area contributed by atoms with Crippen LogP contribution in [-0.4, -0.2) is 45.9 Å². The summed E-state index contributed by atoms with van der Waals surface area (Å²) in [6.45, 7) is 2.90. The molecule has 0 radical (unpaired) electrons. The third-order valence-corrected chi connectivity index (χ3v) is 3.63. The molecule has 112 valence electrons. The van der Waals surface area contributed by atoms with Gasteiger partial charge in [0.15, 0.2) is 0 Å². The summed E-state index contributed by atoms with van der Waals surface area (Å²) in [5, 5.41) is 9.42. The van der Waals surface area contributed by atoms with Crippen molar-refractivity contribution in [1.82, 2.24) is 15.0 Å². The molecule has 1 aromatic rings. The number of hydrogen-bond donors (Lipinski definition) is 1. The van der Waals surface area contributed by atoms with Gasteiger partial charge in [-0.05, 0) is 31.4 Å². The first-order chi connectivity index (χ1) is 9.74. The van der Waals surface area contributed by atoms with E-state index in [1.807, 2.05) is 11.8 Å². The van der Waals surface area contributed by atoms with Gasteiger partial charge in [-0.15, -0.1) is 0 Å². The summed E-state index contributed by atoms with van der Waals surface area (Å²) < 4.78 is 5.31. The molecule has 6 nitrogen and oxygen atoms in total. The predicted molar refractivity (Wildman–Crippen MR) is 77.3 cm³/mol. The highest BCUT2D eigenvalue weighted by Gasteiger charge is 2.24. The Kier molecular flexibility index (Phi) is 5.79. The molecule has 0 aromatic carbocycles. The van der Waals surface area contributed by atoms with Crippen molar-refractivity contribution in [3.63, 3.8) is 0 Å². The minimum absolute atomic E-state index is 0.0593. The van der Waals surface area contributed by atoms with Gasteiger partial charge in [-0.1, -0.05) is 19.3 Å². The highest BCUT2D eigenvalue weighted by Crippen LogP contribution is 2.26. The molecule has 1 aromatic heterocycles. The molecule has 0 aliphatic heterocycles. The van der Waals surface area contributed by atoms with Crippen molar-refractivity contribution in [1.29, 1.82) is 0 Å². The van der Waals surface area contributed by atoms with Gasteiger partial charge in [0.2, 0.25) is 11.2 Å². The second-order valence-corrected chi connectivity index (χ2v) is 5.17. The fraction of sp³-hybridized carbons (Fsp3) is 0.769. The van der Waals surface area contributed by atoms with Gasteiger partial charge in [0.05, 0.1) is 13.2 Å². The van der Waals surface area contributed by atoms with E-state index in [4.69, 9.17) is 16.3 Å². The lowest BCUT2D eigenvalue weighted by Crippen LogP contribution is -2.40. The van der Waals surface area contributed by atoms with E-state index in [0.29, 0.717) is 25.1 Å². The first-order valence-electron chi connectivity index (χ1n) is 7.16. The number of halogens is 1. The highest BCUT2D eigenvalue weighted by molar-refractivity contribution is 6.28. The van der Waals surface area contributed by atoms with E-state index in [2.05, 4.69) is 15.0 Å². The third-order valence-electron chi connectivity index (χ3n) is 3.46. The molecule has 20 heavy (non-hydrogen) atoms. The number of nitrogens with zero attached hydrogens (tertiary/aromatic N) is 4. The quantitative estimate of drug-likeness (QED) is 0.867. The molecular formula is C13H21ClN4O2. The molecule has 1 aliphatic carbocycles. The number of ether oxygens (including phenoxy) is 1. The molecule has 1 saturated carbocycles. The second kappa shape index (κ2) is 7.59. The lowest BCUT2D eigenvalue weighted by atomic mass is 9.94. The lowest BCUT2D eigenvalue weighted by molar-refractivity contribution is 0.286. The summed E-state index contributed by atoms with van der Waals surface area (Å²) >= 11 is 5.94. The zero-order chi connectivity index (χ0) is 14.4. The van der Waals surface area contributed by atoms with Gasteiger partial charge in [-0.3, -0.25) is 0 Å². The molecule has 7 heteroatoms. The van der Waals surface area contributed by atoms with Gasteiger partial charge in [0.1, 0.15) is 0 Å². The molecule has 0 amide bonds. The summed E-state index contributed by atoms with van der Waals surface area (Å²) in [7, 11) is 0. The van der Waals surface area contributed by atoms with Gasteiger partial charge in [0, 0.05) is 12.6 Å². The van der Waals surface area contributed by atoms with Crippen molar-refractivity contribution < 1.29 is 9.84 Å². The summed E-state index contributed by atoms with van der Waals surface area (Å²) in [4.78, 5) is 14.5. The van der Waals surface area contributed by atoms with Crippen LogP contribution in [0.5, 0.6) is 6.01 Å². The molecule has 1 fully saturated rings. The van der Waals surface area contributed by atoms with Crippen LogP contribution in [0.4, 0.5) is 5.95 Å². The van der Waals surface area contributed by atoms with E-state index in [9.17, 15) is 5.11 Å². The topological polar surface area (TPSA) is 71.4 Å². The molecule has 1 heterocycles. The minimum Gasteiger partial charge on any atom is -0.464 e. The normalized spacial score (nSPS) is 16.1. The second-order valence-electron chi connectivity index (χ2n) is 4.83. The molecule has 0 spiro atoms. The van der Waals surface area contributed by atoms with Crippen molar-refractivity contribution in [3.05, 3.63) is 5.28 Å². The summed E-state index contributed by atoms with van der Waals surface area (Å²) in [5.41, 5.74) is 0. The van der Waals surface area contributed by atoms with Gasteiger partial charge in [-0.25, -0.2) is 0 Å². The van der Waals surface area contributed by atoms with Crippen LogP contribution in [0.15, 0.2) is 0 Å². The first kappa shape index (κ1) is 15.3. The van der Waals surface area contributed by atoms with E-state index < -0.39 is 0 Å². The Hall–Kier alpha value is -1.14. The molecule has 0 atom stereocenters. The number of hydrogen-bond acceptors (Lipinski definition) is 6. The maximum atomic E-state index is 9.29. The maximum absolute atomic E-state index is 9.29. The van der Waals surface area contributed by atoms with Crippen LogP contribution in [0.25, 0.3) is 0 Å². The molecule has 2 rings (SSSR count). The maximum Gasteiger partial charge on any atom is 0.322 e. The summed E-state index contributed by atoms with van der Waals surface area (Å²) in [5.74, 6) is 0.495. The molecule has 1 N–H and O–H groups in total. The third kappa shape index (κ3) is 3.93. The van der Waals surface area contributed by atoms with Crippen molar-refractivity contribution in [3.8, 4) is 6.01 Å². The number of anilines is 1. The van der Waals surface area contributed by atoms with Crippen LogP contribution in [-0.2, 0) is 0 Å². The summed E-state index contributed by atoms with van der Waals surface area (Å²) in [6, 6.07) is 0.588. The van der Waals surface area contributed by atoms with Crippen LogP contribution in [0.3, 0.4) is 0 Å². The fourth-order valence-corrected chi connectivity index (χ4v) is 2.74. The van der Waals surface area contributed by atoms with E-state index in [1.54, 1.807) is 0 Å². The Bertz CT molecular complexity index is 427. The van der Waals surface area contributed by atoms with E-state index >= 15 is 0 Å². The van der Waals surface area contributed by atoms with Gasteiger partial charge in [-0.2, -0.15) is 15.0 Å². The smallest absolute Gasteiger partial charge is 0.322 e. The Morgan fingerprint density at radius 2 is 2.00 bits per heavy atom. The first-order valence-corrected chi connectivity index (χ1v) is 7.54. The molecule has 0 unspecified atom stereocenters. The Labute approximate surface area is 124 Å². The minimum atomic E-state index is 0.0593. The number of aliphatic hydroxyl groups excluding tert-OH is 1. The van der Waals surface area contributed by atoms with Gasteiger partial charge < -0.3 is 14.7 Å². The van der Waals surface area contributed by atoms with Crippen LogP contribution in [0, 0.1) is 0 Å². The fourth-order valence-electron chi connectivity index (χ4n) is 2.59. The SMILES string of the molecule is CCOc1nc(Cl)nc(N(CCO)C2CCCCC2)n1. The van der Waals surface area contributed by atoms with E-state index in [1.165, 1.54) is 19.3 Å². The monoisotopic (exact) mass is 300 g/mol. The molecule has 0 bridgehead atoms. The van der Waals surface area contributed by atoms with Crippen LogP contribution in [0.2, 0.25) is 5.28 Å². The van der Waals surface area contributed by atoms with Crippen LogP contribution >= 0.6 is 11.6 Å². The van der Waals surface area contributed by atoms with Crippen molar-refractivity contribution >= 4 is 17.5 Å². The number of rotatable bonds is 6. The zero-order valence-corrected chi connectivity index (χ0v) is 12.5. The average Bonchev–Trinajstić information content (AvgIpc) is 2.45. The summed E-state index contributed by atoms with van der Waals surface area (Å²) in [6.07, 6.45) is 5.85. The predicted octanol–water partition coefficient (Wildman–Crippen LogP) is 2.06. The lowest BCUT2D eigenvalue weighted by Gasteiger charge is -2.33. The highest BCUT2D eigenvalue weighted by atomic mass is 35.5. The van der Waals surface area contributed by atoms with Crippen LogP contribution in [0.1, 0.15) is 39.0 Å². The van der Waals surface area contributed by atoms with Gasteiger partial charge >= 0.3 is 6.01 Å². The van der Waals surface area contributed by atoms with Crippen molar-refractivity contribution in [2.75, 3.05) is 24.7 Å². The standard InChI is InChI=1S/C13H21ClN4O2/c1-2-20-13-16-11(14)15-12(17-13)18(8-9-19)10-6-4-3-5-7-10/h10,19H,2-9H2,1H3. The van der Waals surface area contributed by atoms with E-state index in [0.717, 1.165) is 12.8 Å². The van der Waals surface area contributed by atoms with Gasteiger partial charge in [0.25, 0.3) is 0 Å². The number of aliphatic hydroxyl groups is 1. The largest absolute Gasteiger partial charge is 0.464 e. The molecule has 1 aliphatic rings. The van der Waals surface area contributed by atoms with Crippen molar-refractivity contribution in [2.24, 2.45) is 0 Å². The van der Waals surface area contributed by atoms with E-state index in [-0.39, 0.29) is 17.9 Å². The Morgan fingerprint density at radius 1 is 1.25 bits per heavy atom. The molecule has 0 saturated heterocycles.